The van der Waals surface area contributed by atoms with Gasteiger partial charge in [-0.1, -0.05) is 42.0 Å². The summed E-state index contributed by atoms with van der Waals surface area (Å²) in [6, 6.07) is 18.6. The van der Waals surface area contributed by atoms with E-state index >= 15 is 0 Å². The Morgan fingerprint density at radius 1 is 1.00 bits per heavy atom. The number of nitrogens with zero attached hydrogens (tertiary/aromatic N) is 5. The number of hydrogen-bond acceptors (Lipinski definition) is 4. The molecule has 1 saturated heterocycles. The van der Waals surface area contributed by atoms with Crippen molar-refractivity contribution in [3.05, 3.63) is 72.3 Å². The van der Waals surface area contributed by atoms with E-state index in [9.17, 15) is 0 Å². The number of likely N-dealkylation sites (tertiary alicyclic amines) is 1. The molecule has 2 aromatic heterocycles. The summed E-state index contributed by atoms with van der Waals surface area (Å²) in [6.45, 7) is 1.84. The lowest BCUT2D eigenvalue weighted by Gasteiger charge is -2.33. The second-order valence-electron chi connectivity index (χ2n) is 7.11. The molecule has 0 spiro atoms. The Labute approximate surface area is 157 Å². The third-order valence-corrected chi connectivity index (χ3v) is 5.26. The first-order valence-corrected chi connectivity index (χ1v) is 9.52. The molecule has 0 amide bonds. The Kier molecular flexibility index (Phi) is 4.18. The summed E-state index contributed by atoms with van der Waals surface area (Å²) in [6.07, 6.45) is 5.59. The molecule has 6 heteroatoms. The number of rotatable bonds is 4. The largest absolute Gasteiger partial charge is 0.341 e. The fourth-order valence-electron chi connectivity index (χ4n) is 3.91. The van der Waals surface area contributed by atoms with Gasteiger partial charge in [0.05, 0.1) is 34.7 Å². The van der Waals surface area contributed by atoms with Crippen molar-refractivity contribution >= 4 is 11.0 Å². The lowest BCUT2D eigenvalue weighted by Crippen LogP contribution is -2.33. The number of imidazole rings is 1. The first kappa shape index (κ1) is 16.2. The number of H-pyrrole nitrogens is 1. The van der Waals surface area contributed by atoms with Crippen molar-refractivity contribution in [3.63, 3.8) is 0 Å². The SMILES string of the molecule is c1ccc(-n2cc(CN3CCCC[C@@H]3c3nc4ccccc4[nH]3)nn2)cc1. The van der Waals surface area contributed by atoms with Gasteiger partial charge < -0.3 is 4.98 Å². The molecule has 1 aliphatic heterocycles. The molecule has 5 rings (SSSR count). The third kappa shape index (κ3) is 3.24. The van der Waals surface area contributed by atoms with Crippen LogP contribution in [0, 0.1) is 0 Å². The van der Waals surface area contributed by atoms with E-state index in [4.69, 9.17) is 4.98 Å². The number of nitrogens with one attached hydrogen (secondary N) is 1. The van der Waals surface area contributed by atoms with Gasteiger partial charge in [-0.2, -0.15) is 0 Å². The average molecular weight is 358 g/mol. The maximum atomic E-state index is 4.84. The molecule has 0 unspecified atom stereocenters. The first-order chi connectivity index (χ1) is 13.4. The summed E-state index contributed by atoms with van der Waals surface area (Å²) in [5.41, 5.74) is 4.16. The van der Waals surface area contributed by atoms with Gasteiger partial charge in [-0.25, -0.2) is 9.67 Å². The van der Waals surface area contributed by atoms with Gasteiger partial charge in [0.25, 0.3) is 0 Å². The maximum absolute atomic E-state index is 4.84. The van der Waals surface area contributed by atoms with Crippen LogP contribution in [0.1, 0.15) is 36.8 Å². The molecule has 1 aliphatic rings. The molecule has 1 N–H and O–H groups in total. The van der Waals surface area contributed by atoms with Crippen molar-refractivity contribution in [1.82, 2.24) is 29.9 Å². The van der Waals surface area contributed by atoms with Gasteiger partial charge in [0, 0.05) is 6.54 Å². The number of benzene rings is 2. The van der Waals surface area contributed by atoms with Crippen molar-refractivity contribution in [2.45, 2.75) is 31.8 Å². The number of para-hydroxylation sites is 3. The molecule has 136 valence electrons. The summed E-state index contributed by atoms with van der Waals surface area (Å²) in [7, 11) is 0. The molecular formula is C21H22N6. The Hall–Kier alpha value is -2.99. The van der Waals surface area contributed by atoms with Crippen LogP contribution in [0.2, 0.25) is 0 Å². The molecular weight excluding hydrogens is 336 g/mol. The van der Waals surface area contributed by atoms with Crippen molar-refractivity contribution in [2.75, 3.05) is 6.54 Å². The fourth-order valence-corrected chi connectivity index (χ4v) is 3.91. The van der Waals surface area contributed by atoms with Crippen molar-refractivity contribution in [1.29, 1.82) is 0 Å². The summed E-state index contributed by atoms with van der Waals surface area (Å²) < 4.78 is 1.84. The smallest absolute Gasteiger partial charge is 0.124 e. The number of aromatic nitrogens is 5. The van der Waals surface area contributed by atoms with Gasteiger partial charge in [-0.15, -0.1) is 5.10 Å². The Bertz CT molecular complexity index is 1000. The van der Waals surface area contributed by atoms with E-state index in [1.165, 1.54) is 12.8 Å². The molecule has 1 fully saturated rings. The minimum Gasteiger partial charge on any atom is -0.341 e. The van der Waals surface area contributed by atoms with Crippen LogP contribution in [0.25, 0.3) is 16.7 Å². The van der Waals surface area contributed by atoms with Crippen LogP contribution in [0.15, 0.2) is 60.8 Å². The second kappa shape index (κ2) is 6.96. The molecule has 0 saturated carbocycles. The van der Waals surface area contributed by atoms with Crippen LogP contribution in [-0.2, 0) is 6.54 Å². The minimum absolute atomic E-state index is 0.299. The summed E-state index contributed by atoms with van der Waals surface area (Å²) in [4.78, 5) is 10.8. The Morgan fingerprint density at radius 3 is 2.74 bits per heavy atom. The predicted octanol–water partition coefficient (Wildman–Crippen LogP) is 3.87. The van der Waals surface area contributed by atoms with E-state index in [1.807, 2.05) is 53.3 Å². The molecule has 3 heterocycles. The maximum Gasteiger partial charge on any atom is 0.124 e. The lowest BCUT2D eigenvalue weighted by atomic mass is 10.0. The molecule has 2 aromatic carbocycles. The highest BCUT2D eigenvalue weighted by Crippen LogP contribution is 2.31. The standard InChI is InChI=1S/C21H22N6/c1-2-8-17(9-3-1)27-15-16(24-25-27)14-26-13-7-6-12-20(26)21-22-18-10-4-5-11-19(18)23-21/h1-5,8-11,15,20H,6-7,12-14H2,(H,22,23)/t20-/m1/s1. The Balaban J connectivity index is 1.39. The molecule has 1 atom stereocenters. The summed E-state index contributed by atoms with van der Waals surface area (Å²) in [5, 5.41) is 8.70. The lowest BCUT2D eigenvalue weighted by molar-refractivity contribution is 0.133. The van der Waals surface area contributed by atoms with E-state index in [0.717, 1.165) is 47.7 Å². The molecule has 6 nitrogen and oxygen atoms in total. The van der Waals surface area contributed by atoms with Crippen LogP contribution in [0.3, 0.4) is 0 Å². The molecule has 4 aromatic rings. The number of aromatic amines is 1. The van der Waals surface area contributed by atoms with E-state index in [2.05, 4.69) is 32.3 Å². The monoisotopic (exact) mass is 358 g/mol. The summed E-state index contributed by atoms with van der Waals surface area (Å²) in [5.74, 6) is 1.06. The van der Waals surface area contributed by atoms with Gasteiger partial charge in [-0.05, 0) is 43.7 Å². The average Bonchev–Trinajstić information content (AvgIpc) is 3.36. The summed E-state index contributed by atoms with van der Waals surface area (Å²) >= 11 is 0. The van der Waals surface area contributed by atoms with E-state index in [1.54, 1.807) is 0 Å². The zero-order valence-corrected chi connectivity index (χ0v) is 15.1. The van der Waals surface area contributed by atoms with Gasteiger partial charge >= 0.3 is 0 Å². The minimum atomic E-state index is 0.299. The Morgan fingerprint density at radius 2 is 1.85 bits per heavy atom. The van der Waals surface area contributed by atoms with Crippen LogP contribution >= 0.6 is 0 Å². The van der Waals surface area contributed by atoms with Gasteiger partial charge in [0.1, 0.15) is 5.82 Å². The van der Waals surface area contributed by atoms with Crippen LogP contribution < -0.4 is 0 Å². The highest BCUT2D eigenvalue weighted by molar-refractivity contribution is 5.74. The highest BCUT2D eigenvalue weighted by Gasteiger charge is 2.27. The fraction of sp³-hybridized carbons (Fsp3) is 0.286. The molecule has 27 heavy (non-hydrogen) atoms. The number of piperidine rings is 1. The van der Waals surface area contributed by atoms with E-state index in [0.29, 0.717) is 6.04 Å². The molecule has 0 bridgehead atoms. The zero-order valence-electron chi connectivity index (χ0n) is 15.1. The van der Waals surface area contributed by atoms with Gasteiger partial charge in [0.2, 0.25) is 0 Å². The predicted molar refractivity (Wildman–Crippen MR) is 104 cm³/mol. The molecule has 0 aliphatic carbocycles. The van der Waals surface area contributed by atoms with E-state index in [-0.39, 0.29) is 0 Å². The van der Waals surface area contributed by atoms with Crippen LogP contribution in [0.4, 0.5) is 0 Å². The van der Waals surface area contributed by atoms with Gasteiger partial charge in [-0.3, -0.25) is 4.90 Å². The van der Waals surface area contributed by atoms with Crippen LogP contribution in [0.5, 0.6) is 0 Å². The van der Waals surface area contributed by atoms with Gasteiger partial charge in [0.15, 0.2) is 0 Å². The number of fused-ring (bicyclic) bond motifs is 1. The zero-order chi connectivity index (χ0) is 18.1. The third-order valence-electron chi connectivity index (χ3n) is 5.26. The second-order valence-corrected chi connectivity index (χ2v) is 7.11. The van der Waals surface area contributed by atoms with Crippen molar-refractivity contribution < 1.29 is 0 Å². The quantitative estimate of drug-likeness (QED) is 0.601. The van der Waals surface area contributed by atoms with E-state index < -0.39 is 0 Å². The van der Waals surface area contributed by atoms with Crippen LogP contribution in [-0.4, -0.2) is 36.4 Å². The van der Waals surface area contributed by atoms with Crippen molar-refractivity contribution in [2.24, 2.45) is 0 Å². The normalized spacial score (nSPS) is 18.1. The highest BCUT2D eigenvalue weighted by atomic mass is 15.4. The van der Waals surface area contributed by atoms with Crippen molar-refractivity contribution in [3.8, 4) is 5.69 Å². The topological polar surface area (TPSA) is 62.6 Å². The number of hydrogen-bond donors (Lipinski definition) is 1. The first-order valence-electron chi connectivity index (χ1n) is 9.52. The molecule has 0 radical (unpaired) electrons.